The Morgan fingerprint density at radius 3 is 2.34 bits per heavy atom. The third kappa shape index (κ3) is 7.73. The molecule has 1 amide bonds. The van der Waals surface area contributed by atoms with Crippen molar-refractivity contribution in [3.05, 3.63) is 0 Å². The van der Waals surface area contributed by atoms with Gasteiger partial charge >= 0.3 is 0 Å². The van der Waals surface area contributed by atoms with Gasteiger partial charge in [-0.2, -0.15) is 11.8 Å². The molecule has 2 N–H and O–H groups in total. The van der Waals surface area contributed by atoms with Crippen LogP contribution in [0.25, 0.3) is 0 Å². The number of sulfonamides is 1. The quantitative estimate of drug-likeness (QED) is 0.263. The van der Waals surface area contributed by atoms with Gasteiger partial charge in [0, 0.05) is 51.8 Å². The van der Waals surface area contributed by atoms with Crippen LogP contribution in [0.2, 0.25) is 0 Å². The van der Waals surface area contributed by atoms with Crippen molar-refractivity contribution in [1.29, 1.82) is 0 Å². The van der Waals surface area contributed by atoms with Crippen LogP contribution < -0.4 is 10.6 Å². The number of nitrogens with zero attached hydrogens (tertiary/aromatic N) is 3. The van der Waals surface area contributed by atoms with Crippen molar-refractivity contribution in [2.45, 2.75) is 32.6 Å². The second-order valence-corrected chi connectivity index (χ2v) is 10.9. The number of guanidine groups is 1. The van der Waals surface area contributed by atoms with Crippen molar-refractivity contribution in [3.8, 4) is 0 Å². The first-order chi connectivity index (χ1) is 13.3. The van der Waals surface area contributed by atoms with E-state index in [2.05, 4.69) is 15.6 Å². The number of aliphatic imine (C=N–C) groups is 1. The average molecular weight is 562 g/mol. The lowest BCUT2D eigenvalue weighted by Gasteiger charge is -2.29. The topological polar surface area (TPSA) is 94.1 Å². The predicted molar refractivity (Wildman–Crippen MR) is 132 cm³/mol. The van der Waals surface area contributed by atoms with Crippen LogP contribution >= 0.6 is 35.7 Å². The molecule has 0 aromatic heterocycles. The Morgan fingerprint density at radius 1 is 1.17 bits per heavy atom. The minimum atomic E-state index is -3.25. The van der Waals surface area contributed by atoms with E-state index in [0.717, 1.165) is 37.2 Å². The van der Waals surface area contributed by atoms with E-state index in [-0.39, 0.29) is 35.6 Å². The molecular formula is C18H36IN5O3S2. The Labute approximate surface area is 197 Å². The molecule has 2 rings (SSSR count). The van der Waals surface area contributed by atoms with Crippen LogP contribution in [0.1, 0.15) is 32.6 Å². The average Bonchev–Trinajstić information content (AvgIpc) is 3.16. The molecule has 11 heteroatoms. The molecule has 0 aromatic rings. The zero-order valence-corrected chi connectivity index (χ0v) is 21.7. The third-order valence-electron chi connectivity index (χ3n) is 5.32. The van der Waals surface area contributed by atoms with Crippen LogP contribution in [-0.4, -0.2) is 93.6 Å². The van der Waals surface area contributed by atoms with Gasteiger partial charge in [0.15, 0.2) is 5.96 Å². The Balaban J connectivity index is 0.00000420. The van der Waals surface area contributed by atoms with Crippen molar-refractivity contribution < 1.29 is 13.2 Å². The van der Waals surface area contributed by atoms with E-state index < -0.39 is 15.4 Å². The summed E-state index contributed by atoms with van der Waals surface area (Å²) < 4.78 is 26.5. The van der Waals surface area contributed by atoms with Gasteiger partial charge in [0.05, 0.1) is 17.7 Å². The van der Waals surface area contributed by atoms with Crippen LogP contribution in [0, 0.1) is 5.41 Å². The summed E-state index contributed by atoms with van der Waals surface area (Å²) in [4.78, 5) is 19.0. The van der Waals surface area contributed by atoms with Crippen LogP contribution in [-0.2, 0) is 14.8 Å². The van der Waals surface area contributed by atoms with Crippen molar-refractivity contribution in [2.75, 3.05) is 64.1 Å². The number of thioether (sulfide) groups is 1. The van der Waals surface area contributed by atoms with Crippen molar-refractivity contribution in [2.24, 2.45) is 10.4 Å². The molecule has 2 fully saturated rings. The summed E-state index contributed by atoms with van der Waals surface area (Å²) in [7, 11) is 0.335. The van der Waals surface area contributed by atoms with Gasteiger partial charge in [0.25, 0.3) is 0 Å². The molecule has 0 spiro atoms. The largest absolute Gasteiger partial charge is 0.357 e. The lowest BCUT2D eigenvalue weighted by Crippen LogP contribution is -2.45. The van der Waals surface area contributed by atoms with E-state index in [0.29, 0.717) is 38.7 Å². The summed E-state index contributed by atoms with van der Waals surface area (Å²) in [5, 5.41) is 6.29. The van der Waals surface area contributed by atoms with Crippen LogP contribution in [0.5, 0.6) is 0 Å². The van der Waals surface area contributed by atoms with E-state index in [1.54, 1.807) is 35.1 Å². The Morgan fingerprint density at radius 2 is 1.79 bits per heavy atom. The summed E-state index contributed by atoms with van der Waals surface area (Å²) in [6, 6.07) is 0. The second-order valence-electron chi connectivity index (χ2n) is 7.64. The number of carbonyl (C=O) groups is 1. The zero-order chi connectivity index (χ0) is 20.6. The van der Waals surface area contributed by atoms with E-state index in [1.165, 1.54) is 0 Å². The first-order valence-corrected chi connectivity index (χ1v) is 12.9. The number of nitrogens with one attached hydrogen (secondary N) is 2. The number of halogens is 1. The highest BCUT2D eigenvalue weighted by atomic mass is 127. The molecule has 8 nitrogen and oxygen atoms in total. The Bertz CT molecular complexity index is 646. The molecular weight excluding hydrogens is 525 g/mol. The number of rotatable bonds is 8. The van der Waals surface area contributed by atoms with Crippen molar-refractivity contribution in [1.82, 2.24) is 19.8 Å². The zero-order valence-electron chi connectivity index (χ0n) is 17.8. The normalized spacial score (nSPS) is 20.0. The summed E-state index contributed by atoms with van der Waals surface area (Å²) in [6.07, 6.45) is 3.80. The maximum atomic E-state index is 12.7. The number of carbonyl (C=O) groups excluding carboxylic acids is 1. The number of amides is 1. The molecule has 1 heterocycles. The van der Waals surface area contributed by atoms with Gasteiger partial charge in [-0.05, 0) is 19.8 Å². The van der Waals surface area contributed by atoms with Crippen LogP contribution in [0.3, 0.4) is 0 Å². The van der Waals surface area contributed by atoms with E-state index >= 15 is 0 Å². The Kier molecular flexibility index (Phi) is 11.6. The standard InChI is InChI=1S/C18H35N5O3S2.HI/c1-4-19-17(20-9-14-28(25,26)23-10-12-27-13-11-23)21-15-18(7-5-6-8-18)16(24)22(2)3;/h4-15H2,1-3H3,(H2,19,20,21);1H. The minimum absolute atomic E-state index is 0. The van der Waals surface area contributed by atoms with Gasteiger partial charge < -0.3 is 15.5 Å². The molecule has 0 radical (unpaired) electrons. The van der Waals surface area contributed by atoms with Gasteiger partial charge in [-0.3, -0.25) is 9.79 Å². The van der Waals surface area contributed by atoms with Gasteiger partial charge in [-0.15, -0.1) is 24.0 Å². The highest BCUT2D eigenvalue weighted by molar-refractivity contribution is 14.0. The van der Waals surface area contributed by atoms with Gasteiger partial charge in [0.2, 0.25) is 15.9 Å². The van der Waals surface area contributed by atoms with Crippen molar-refractivity contribution in [3.63, 3.8) is 0 Å². The summed E-state index contributed by atoms with van der Waals surface area (Å²) >= 11 is 1.79. The molecule has 1 aliphatic heterocycles. The van der Waals surface area contributed by atoms with Gasteiger partial charge in [0.1, 0.15) is 0 Å². The fourth-order valence-corrected chi connectivity index (χ4v) is 6.28. The lowest BCUT2D eigenvalue weighted by atomic mass is 9.85. The van der Waals surface area contributed by atoms with Crippen LogP contribution in [0.4, 0.5) is 0 Å². The first-order valence-electron chi connectivity index (χ1n) is 10.1. The number of hydrogen-bond donors (Lipinski definition) is 2. The molecule has 1 saturated heterocycles. The van der Waals surface area contributed by atoms with Crippen LogP contribution in [0.15, 0.2) is 4.99 Å². The highest BCUT2D eigenvalue weighted by Gasteiger charge is 2.42. The maximum Gasteiger partial charge on any atom is 0.230 e. The van der Waals surface area contributed by atoms with Gasteiger partial charge in [-0.1, -0.05) is 12.8 Å². The van der Waals surface area contributed by atoms with E-state index in [1.807, 2.05) is 6.92 Å². The van der Waals surface area contributed by atoms with E-state index in [9.17, 15) is 13.2 Å². The molecule has 0 unspecified atom stereocenters. The van der Waals surface area contributed by atoms with Crippen molar-refractivity contribution >= 4 is 57.6 Å². The molecule has 2 aliphatic rings. The SMILES string of the molecule is CCNC(=NCC1(C(=O)N(C)C)CCCC1)NCCS(=O)(=O)N1CCSCC1.I. The summed E-state index contributed by atoms with van der Waals surface area (Å²) in [5.74, 6) is 2.47. The predicted octanol–water partition coefficient (Wildman–Crippen LogP) is 1.19. The summed E-state index contributed by atoms with van der Waals surface area (Å²) in [6.45, 7) is 4.56. The van der Waals surface area contributed by atoms with E-state index in [4.69, 9.17) is 0 Å². The lowest BCUT2D eigenvalue weighted by molar-refractivity contribution is -0.138. The Hall–Kier alpha value is -0.270. The fraction of sp³-hybridized carbons (Fsp3) is 0.889. The maximum absolute atomic E-state index is 12.7. The molecule has 170 valence electrons. The molecule has 0 aromatic carbocycles. The molecule has 29 heavy (non-hydrogen) atoms. The summed E-state index contributed by atoms with van der Waals surface area (Å²) in [5.41, 5.74) is -0.427. The minimum Gasteiger partial charge on any atom is -0.357 e. The first kappa shape index (κ1) is 26.8. The number of hydrogen-bond acceptors (Lipinski definition) is 5. The fourth-order valence-electron chi connectivity index (χ4n) is 3.79. The smallest absolute Gasteiger partial charge is 0.230 e. The van der Waals surface area contributed by atoms with Gasteiger partial charge in [-0.25, -0.2) is 12.7 Å². The second kappa shape index (κ2) is 12.6. The third-order valence-corrected chi connectivity index (χ3v) is 8.13. The highest BCUT2D eigenvalue weighted by Crippen LogP contribution is 2.39. The molecule has 0 atom stereocenters. The molecule has 0 bridgehead atoms. The molecule has 1 aliphatic carbocycles. The monoisotopic (exact) mass is 561 g/mol. The molecule has 1 saturated carbocycles.